The molecule has 1 unspecified atom stereocenters. The molecule has 0 aliphatic rings. The van der Waals surface area contributed by atoms with Gasteiger partial charge in [0.25, 0.3) is 0 Å². The lowest BCUT2D eigenvalue weighted by atomic mass is 9.94. The molecule has 0 fully saturated rings. The van der Waals surface area contributed by atoms with Crippen LogP contribution in [-0.2, 0) is 10.0 Å². The molecule has 0 spiro atoms. The van der Waals surface area contributed by atoms with Gasteiger partial charge in [0.15, 0.2) is 0 Å². The highest BCUT2D eigenvalue weighted by molar-refractivity contribution is 7.89. The van der Waals surface area contributed by atoms with Gasteiger partial charge in [-0.25, -0.2) is 13.1 Å². The van der Waals surface area contributed by atoms with Crippen molar-refractivity contribution in [2.24, 2.45) is 5.73 Å². The average molecular weight is 537 g/mol. The van der Waals surface area contributed by atoms with Crippen molar-refractivity contribution in [1.82, 2.24) is 4.72 Å². The van der Waals surface area contributed by atoms with Gasteiger partial charge in [-0.3, -0.25) is 0 Å². The van der Waals surface area contributed by atoms with Crippen LogP contribution in [0.4, 0.5) is 0 Å². The van der Waals surface area contributed by atoms with Gasteiger partial charge in [0.1, 0.15) is 0 Å². The summed E-state index contributed by atoms with van der Waals surface area (Å²) < 4.78 is 29.2. The molecule has 4 aromatic rings. The summed E-state index contributed by atoms with van der Waals surface area (Å²) in [6.45, 7) is 0.223. The van der Waals surface area contributed by atoms with E-state index in [9.17, 15) is 13.5 Å². The van der Waals surface area contributed by atoms with Gasteiger partial charge in [0, 0.05) is 11.9 Å². The summed E-state index contributed by atoms with van der Waals surface area (Å²) in [4.78, 5) is 0.351. The van der Waals surface area contributed by atoms with Crippen molar-refractivity contribution < 1.29 is 18.6 Å². The van der Waals surface area contributed by atoms with Crippen LogP contribution in [0.3, 0.4) is 0 Å². The fraction of sp³-hybridized carbons (Fsp3) is 0.419. The number of nitrogens with one attached hydrogen (secondary N) is 1. The Morgan fingerprint density at radius 3 is 2.05 bits per heavy atom. The SMILES string of the molecule is NC(CO)[C@H](O)/C=C/CCCCCCCCCCNS(=O)(=O)c1ccc2ccc3cccc4ccc1c2c34. The van der Waals surface area contributed by atoms with E-state index >= 15 is 0 Å². The predicted molar refractivity (Wildman–Crippen MR) is 157 cm³/mol. The molecule has 0 saturated heterocycles. The van der Waals surface area contributed by atoms with Crippen molar-refractivity contribution in [3.63, 3.8) is 0 Å². The summed E-state index contributed by atoms with van der Waals surface area (Å²) in [5.74, 6) is 0. The van der Waals surface area contributed by atoms with E-state index in [1.165, 1.54) is 12.8 Å². The predicted octanol–water partition coefficient (Wildman–Crippen LogP) is 5.61. The van der Waals surface area contributed by atoms with Crippen LogP contribution in [0.25, 0.3) is 32.3 Å². The van der Waals surface area contributed by atoms with Crippen molar-refractivity contribution in [1.29, 1.82) is 0 Å². The lowest BCUT2D eigenvalue weighted by Gasteiger charge is -2.14. The Kier molecular flexibility index (Phi) is 10.1. The number of hydrogen-bond donors (Lipinski definition) is 4. The number of aliphatic hydroxyl groups is 2. The Balaban J connectivity index is 1.17. The van der Waals surface area contributed by atoms with E-state index in [2.05, 4.69) is 29.0 Å². The number of sulfonamides is 1. The largest absolute Gasteiger partial charge is 0.395 e. The lowest BCUT2D eigenvalue weighted by molar-refractivity contribution is 0.144. The van der Waals surface area contributed by atoms with Gasteiger partial charge >= 0.3 is 0 Å². The average Bonchev–Trinajstić information content (AvgIpc) is 2.93. The van der Waals surface area contributed by atoms with Gasteiger partial charge in [-0.05, 0) is 52.3 Å². The zero-order valence-electron chi connectivity index (χ0n) is 22.0. The van der Waals surface area contributed by atoms with Crippen LogP contribution >= 0.6 is 0 Å². The quantitative estimate of drug-likeness (QED) is 0.0845. The number of aliphatic hydroxyl groups excluding tert-OH is 2. The molecular weight excluding hydrogens is 496 g/mol. The van der Waals surface area contributed by atoms with E-state index < -0.39 is 22.2 Å². The first kappa shape index (κ1) is 28.5. The number of benzene rings is 4. The first-order chi connectivity index (χ1) is 18.4. The second-order valence-electron chi connectivity index (χ2n) is 10.2. The molecular formula is C31H40N2O4S. The fourth-order valence-electron chi connectivity index (χ4n) is 5.16. The third-order valence-electron chi connectivity index (χ3n) is 7.35. The maximum absolute atomic E-state index is 13.2. The normalized spacial score (nSPS) is 14.3. The Morgan fingerprint density at radius 2 is 1.37 bits per heavy atom. The molecule has 0 saturated carbocycles. The standard InChI is InChI=1S/C31H40N2O4S/c32-27(22-34)28(35)14-9-7-5-3-1-2-4-6-8-10-21-33-38(36,37)29-20-18-25-16-15-23-12-11-13-24-17-19-26(29)31(25)30(23)24/h9,11-20,27-28,33-35H,1-8,10,21-22,32H2/b14-9+/t27?,28-/m1/s1. The summed E-state index contributed by atoms with van der Waals surface area (Å²) in [7, 11) is -3.60. The molecule has 0 bridgehead atoms. The number of rotatable bonds is 16. The maximum atomic E-state index is 13.2. The van der Waals surface area contributed by atoms with E-state index in [1.807, 2.05) is 30.3 Å². The highest BCUT2D eigenvalue weighted by Gasteiger charge is 2.19. The Bertz CT molecular complexity index is 1440. The zero-order chi connectivity index (χ0) is 27.0. The number of unbranched alkanes of at least 4 members (excludes halogenated alkanes) is 8. The molecule has 0 amide bonds. The second kappa shape index (κ2) is 13.5. The van der Waals surface area contributed by atoms with Gasteiger partial charge in [-0.15, -0.1) is 0 Å². The topological polar surface area (TPSA) is 113 Å². The van der Waals surface area contributed by atoms with E-state index in [0.29, 0.717) is 11.4 Å². The molecule has 38 heavy (non-hydrogen) atoms. The van der Waals surface area contributed by atoms with Crippen LogP contribution in [0.15, 0.2) is 71.6 Å². The highest BCUT2D eigenvalue weighted by atomic mass is 32.2. The third-order valence-corrected chi connectivity index (χ3v) is 8.87. The zero-order valence-corrected chi connectivity index (χ0v) is 22.8. The van der Waals surface area contributed by atoms with E-state index in [-0.39, 0.29) is 6.61 Å². The Morgan fingerprint density at radius 1 is 0.789 bits per heavy atom. The second-order valence-corrected chi connectivity index (χ2v) is 11.9. The molecule has 0 heterocycles. The van der Waals surface area contributed by atoms with Gasteiger partial charge in [-0.1, -0.05) is 99.2 Å². The van der Waals surface area contributed by atoms with Crippen LogP contribution in [0.5, 0.6) is 0 Å². The van der Waals surface area contributed by atoms with Gasteiger partial charge < -0.3 is 15.9 Å². The molecule has 5 N–H and O–H groups in total. The number of hydrogen-bond acceptors (Lipinski definition) is 5. The van der Waals surface area contributed by atoms with Crippen molar-refractivity contribution in [3.8, 4) is 0 Å². The minimum Gasteiger partial charge on any atom is -0.395 e. The molecule has 6 nitrogen and oxygen atoms in total. The van der Waals surface area contributed by atoms with Crippen LogP contribution in [0.1, 0.15) is 57.8 Å². The summed E-state index contributed by atoms with van der Waals surface area (Å²) in [5.41, 5.74) is 5.56. The highest BCUT2D eigenvalue weighted by Crippen LogP contribution is 2.37. The lowest BCUT2D eigenvalue weighted by Crippen LogP contribution is -2.36. The minimum atomic E-state index is -3.60. The summed E-state index contributed by atoms with van der Waals surface area (Å²) in [5, 5.41) is 24.8. The van der Waals surface area contributed by atoms with Gasteiger partial charge in [-0.2, -0.15) is 0 Å². The number of nitrogens with two attached hydrogens (primary N) is 1. The van der Waals surface area contributed by atoms with Gasteiger partial charge in [0.2, 0.25) is 10.0 Å². The third kappa shape index (κ3) is 6.90. The molecule has 0 aromatic heterocycles. The van der Waals surface area contributed by atoms with E-state index in [4.69, 9.17) is 10.8 Å². The van der Waals surface area contributed by atoms with Crippen molar-refractivity contribution >= 4 is 42.3 Å². The molecule has 7 heteroatoms. The number of allylic oxidation sites excluding steroid dienone is 1. The molecule has 0 radical (unpaired) electrons. The Labute approximate surface area is 225 Å². The minimum absolute atomic E-state index is 0.224. The van der Waals surface area contributed by atoms with Crippen LogP contribution in [-0.4, -0.2) is 43.9 Å². The van der Waals surface area contributed by atoms with Crippen molar-refractivity contribution in [2.75, 3.05) is 13.2 Å². The molecule has 0 aliphatic carbocycles. The van der Waals surface area contributed by atoms with Crippen LogP contribution in [0.2, 0.25) is 0 Å². The molecule has 4 aromatic carbocycles. The smallest absolute Gasteiger partial charge is 0.241 e. The van der Waals surface area contributed by atoms with Crippen molar-refractivity contribution in [3.05, 3.63) is 66.7 Å². The van der Waals surface area contributed by atoms with E-state index in [0.717, 1.165) is 77.3 Å². The monoisotopic (exact) mass is 536 g/mol. The van der Waals surface area contributed by atoms with Crippen molar-refractivity contribution in [2.45, 2.75) is 74.8 Å². The summed E-state index contributed by atoms with van der Waals surface area (Å²) in [6, 6.07) is 17.3. The first-order valence-corrected chi connectivity index (χ1v) is 15.3. The summed E-state index contributed by atoms with van der Waals surface area (Å²) >= 11 is 0. The first-order valence-electron chi connectivity index (χ1n) is 13.8. The molecule has 204 valence electrons. The Hall–Kier alpha value is -2.55. The van der Waals surface area contributed by atoms with Gasteiger partial charge in [0.05, 0.1) is 23.6 Å². The summed E-state index contributed by atoms with van der Waals surface area (Å²) in [6.07, 6.45) is 12.4. The fourth-order valence-corrected chi connectivity index (χ4v) is 6.44. The van der Waals surface area contributed by atoms with Crippen LogP contribution < -0.4 is 10.5 Å². The van der Waals surface area contributed by atoms with E-state index in [1.54, 1.807) is 12.1 Å². The van der Waals surface area contributed by atoms with Crippen LogP contribution in [0, 0.1) is 0 Å². The molecule has 4 rings (SSSR count). The molecule has 0 aliphatic heterocycles. The molecule has 2 atom stereocenters. The maximum Gasteiger partial charge on any atom is 0.241 e.